The van der Waals surface area contributed by atoms with Gasteiger partial charge in [-0.3, -0.25) is 4.79 Å². The van der Waals surface area contributed by atoms with Gasteiger partial charge >= 0.3 is 6.36 Å². The smallest absolute Gasteiger partial charge is 0.406 e. The first-order valence-electron chi connectivity index (χ1n) is 6.40. The Morgan fingerprint density at radius 2 is 1.86 bits per heavy atom. The summed E-state index contributed by atoms with van der Waals surface area (Å²) < 4.78 is 62.8. The summed E-state index contributed by atoms with van der Waals surface area (Å²) in [5, 5.41) is -0.593. The van der Waals surface area contributed by atoms with E-state index in [1.165, 1.54) is 17.0 Å². The Balaban J connectivity index is 2.05. The van der Waals surface area contributed by atoms with Gasteiger partial charge in [0.15, 0.2) is 9.84 Å². The number of hydrogen-bond donors (Lipinski definition) is 0. The minimum absolute atomic E-state index is 0.0957. The molecule has 1 amide bonds. The Kier molecular flexibility index (Phi) is 4.37. The number of rotatable bonds is 3. The molecule has 1 unspecified atom stereocenters. The molecule has 1 heterocycles. The number of carbonyl (C=O) groups excluding carboxylic acids is 1. The minimum atomic E-state index is -4.79. The maximum atomic E-state index is 12.2. The molecule has 1 aliphatic rings. The number of ether oxygens (including phenoxy) is 1. The van der Waals surface area contributed by atoms with E-state index in [0.717, 1.165) is 18.4 Å². The predicted octanol–water partition coefficient (Wildman–Crippen LogP) is 1.84. The molecular weight excluding hydrogens is 323 g/mol. The van der Waals surface area contributed by atoms with E-state index in [0.29, 0.717) is 13.0 Å². The van der Waals surface area contributed by atoms with Crippen LogP contribution < -0.4 is 4.74 Å². The summed E-state index contributed by atoms with van der Waals surface area (Å²) in [4.78, 5) is 13.6. The number of alkyl halides is 3. The van der Waals surface area contributed by atoms with Gasteiger partial charge in [-0.15, -0.1) is 13.2 Å². The van der Waals surface area contributed by atoms with Crippen LogP contribution in [0.25, 0.3) is 0 Å². The van der Waals surface area contributed by atoms with Crippen molar-refractivity contribution in [1.29, 1.82) is 0 Å². The average molecular weight is 337 g/mol. The van der Waals surface area contributed by atoms with Crippen molar-refractivity contribution in [1.82, 2.24) is 4.90 Å². The lowest BCUT2D eigenvalue weighted by atomic mass is 10.2. The van der Waals surface area contributed by atoms with Gasteiger partial charge in [-0.25, -0.2) is 8.42 Å². The van der Waals surface area contributed by atoms with Gasteiger partial charge in [0, 0.05) is 24.9 Å². The summed E-state index contributed by atoms with van der Waals surface area (Å²) in [5.74, 6) is -0.829. The molecule has 1 aromatic rings. The number of likely N-dealkylation sites (tertiary alicyclic amines) is 1. The maximum absolute atomic E-state index is 12.2. The van der Waals surface area contributed by atoms with Crippen LogP contribution in [-0.4, -0.2) is 50.2 Å². The van der Waals surface area contributed by atoms with E-state index in [1.54, 1.807) is 0 Å². The first kappa shape index (κ1) is 16.6. The topological polar surface area (TPSA) is 63.7 Å². The maximum Gasteiger partial charge on any atom is 0.573 e. The van der Waals surface area contributed by atoms with E-state index in [4.69, 9.17) is 0 Å². The average Bonchev–Trinajstić information content (AvgIpc) is 2.86. The fraction of sp³-hybridized carbons (Fsp3) is 0.462. The molecule has 0 aromatic heterocycles. The van der Waals surface area contributed by atoms with Crippen LogP contribution in [0, 0.1) is 0 Å². The Hall–Kier alpha value is -1.77. The van der Waals surface area contributed by atoms with E-state index in [-0.39, 0.29) is 12.1 Å². The Morgan fingerprint density at radius 3 is 2.32 bits per heavy atom. The standard InChI is InChI=1S/C13H14F3NO4S/c1-22(19,20)11-6-7-17(8-11)12(18)9-2-4-10(5-3-9)21-13(14,15)16/h2-5,11H,6-8H2,1H3. The molecule has 1 aliphatic heterocycles. The molecule has 0 radical (unpaired) electrons. The SMILES string of the molecule is CS(=O)(=O)C1CCN(C(=O)c2ccc(OC(F)(F)F)cc2)C1. The first-order valence-corrected chi connectivity index (χ1v) is 8.36. The largest absolute Gasteiger partial charge is 0.573 e. The van der Waals surface area contributed by atoms with Gasteiger partial charge in [0.2, 0.25) is 0 Å². The molecule has 0 aliphatic carbocycles. The van der Waals surface area contributed by atoms with Gasteiger partial charge in [0.05, 0.1) is 5.25 Å². The van der Waals surface area contributed by atoms with Crippen molar-refractivity contribution in [3.05, 3.63) is 29.8 Å². The zero-order valence-electron chi connectivity index (χ0n) is 11.6. The van der Waals surface area contributed by atoms with E-state index < -0.39 is 33.1 Å². The third kappa shape index (κ3) is 4.12. The number of carbonyl (C=O) groups is 1. The zero-order chi connectivity index (χ0) is 16.5. The summed E-state index contributed by atoms with van der Waals surface area (Å²) in [6, 6.07) is 4.53. The molecule has 1 saturated heterocycles. The van der Waals surface area contributed by atoms with Crippen molar-refractivity contribution in [3.8, 4) is 5.75 Å². The van der Waals surface area contributed by atoms with Crippen LogP contribution in [0.15, 0.2) is 24.3 Å². The summed E-state index contributed by atoms with van der Waals surface area (Å²) in [7, 11) is -3.22. The monoisotopic (exact) mass is 337 g/mol. The third-order valence-corrected chi connectivity index (χ3v) is 4.97. The molecule has 5 nitrogen and oxygen atoms in total. The van der Waals surface area contributed by atoms with Crippen molar-refractivity contribution >= 4 is 15.7 Å². The van der Waals surface area contributed by atoms with Crippen LogP contribution in [0.3, 0.4) is 0 Å². The van der Waals surface area contributed by atoms with Crippen LogP contribution >= 0.6 is 0 Å². The van der Waals surface area contributed by atoms with Crippen molar-refractivity contribution in [2.24, 2.45) is 0 Å². The van der Waals surface area contributed by atoms with Crippen molar-refractivity contribution < 1.29 is 31.1 Å². The van der Waals surface area contributed by atoms with Crippen LogP contribution in [0.1, 0.15) is 16.8 Å². The van der Waals surface area contributed by atoms with Gasteiger partial charge in [0.1, 0.15) is 5.75 Å². The first-order chi connectivity index (χ1) is 10.1. The molecule has 1 aromatic carbocycles. The lowest BCUT2D eigenvalue weighted by Crippen LogP contribution is -2.31. The number of sulfone groups is 1. The quantitative estimate of drug-likeness (QED) is 0.844. The molecule has 122 valence electrons. The molecule has 1 atom stereocenters. The molecule has 22 heavy (non-hydrogen) atoms. The summed E-state index contributed by atoms with van der Waals surface area (Å²) in [6.45, 7) is 0.399. The van der Waals surface area contributed by atoms with Gasteiger partial charge in [-0.2, -0.15) is 0 Å². The van der Waals surface area contributed by atoms with Crippen LogP contribution in [-0.2, 0) is 9.84 Å². The third-order valence-electron chi connectivity index (χ3n) is 3.37. The molecule has 0 saturated carbocycles. The molecule has 9 heteroatoms. The van der Waals surface area contributed by atoms with E-state index in [9.17, 15) is 26.4 Å². The Bertz CT molecular complexity index is 655. The highest BCUT2D eigenvalue weighted by molar-refractivity contribution is 7.91. The summed E-state index contributed by atoms with van der Waals surface area (Å²) in [6.07, 6.45) is -3.31. The van der Waals surface area contributed by atoms with Gasteiger partial charge < -0.3 is 9.64 Å². The molecule has 2 rings (SSSR count). The van der Waals surface area contributed by atoms with E-state index in [1.807, 2.05) is 0 Å². The second-order valence-electron chi connectivity index (χ2n) is 5.06. The van der Waals surface area contributed by atoms with Crippen LogP contribution in [0.5, 0.6) is 5.75 Å². The minimum Gasteiger partial charge on any atom is -0.406 e. The highest BCUT2D eigenvalue weighted by atomic mass is 32.2. The normalized spacial score (nSPS) is 19.3. The van der Waals surface area contributed by atoms with Crippen molar-refractivity contribution in [2.45, 2.75) is 18.0 Å². The van der Waals surface area contributed by atoms with E-state index in [2.05, 4.69) is 4.74 Å². The van der Waals surface area contributed by atoms with Gasteiger partial charge in [-0.05, 0) is 30.7 Å². The van der Waals surface area contributed by atoms with Gasteiger partial charge in [-0.1, -0.05) is 0 Å². The van der Waals surface area contributed by atoms with Crippen LogP contribution in [0.4, 0.5) is 13.2 Å². The summed E-state index contributed by atoms with van der Waals surface area (Å²) in [5.41, 5.74) is 0.184. The van der Waals surface area contributed by atoms with Gasteiger partial charge in [0.25, 0.3) is 5.91 Å². The van der Waals surface area contributed by atoms with Crippen molar-refractivity contribution in [2.75, 3.05) is 19.3 Å². The Labute approximate surface area is 125 Å². The summed E-state index contributed by atoms with van der Waals surface area (Å²) >= 11 is 0. The number of amides is 1. The molecule has 0 N–H and O–H groups in total. The molecular formula is C13H14F3NO4S. The molecule has 1 fully saturated rings. The van der Waals surface area contributed by atoms with E-state index >= 15 is 0 Å². The highest BCUT2D eigenvalue weighted by Gasteiger charge is 2.33. The fourth-order valence-corrected chi connectivity index (χ4v) is 3.23. The second-order valence-corrected chi connectivity index (χ2v) is 7.39. The molecule has 0 bridgehead atoms. The number of hydrogen-bond acceptors (Lipinski definition) is 4. The number of halogens is 3. The van der Waals surface area contributed by atoms with Crippen molar-refractivity contribution in [3.63, 3.8) is 0 Å². The fourth-order valence-electron chi connectivity index (χ4n) is 2.24. The lowest BCUT2D eigenvalue weighted by molar-refractivity contribution is -0.274. The number of benzene rings is 1. The highest BCUT2D eigenvalue weighted by Crippen LogP contribution is 2.24. The second kappa shape index (κ2) is 5.79. The predicted molar refractivity (Wildman–Crippen MR) is 72.3 cm³/mol. The zero-order valence-corrected chi connectivity index (χ0v) is 12.4. The number of nitrogens with zero attached hydrogens (tertiary/aromatic N) is 1. The molecule has 0 spiro atoms. The Morgan fingerprint density at radius 1 is 1.27 bits per heavy atom. The lowest BCUT2D eigenvalue weighted by Gasteiger charge is -2.16. The van der Waals surface area contributed by atoms with Crippen LogP contribution in [0.2, 0.25) is 0 Å².